The molecule has 172 valence electrons. The van der Waals surface area contributed by atoms with Crippen molar-refractivity contribution in [2.24, 2.45) is 7.05 Å². The Morgan fingerprint density at radius 1 is 1.00 bits per heavy atom. The molecular weight excluding hydrogens is 410 g/mol. The van der Waals surface area contributed by atoms with Crippen molar-refractivity contribution < 1.29 is 4.55 Å². The molecule has 1 aliphatic heterocycles. The van der Waals surface area contributed by atoms with Gasteiger partial charge in [-0.1, -0.05) is 46.6 Å². The van der Waals surface area contributed by atoms with Crippen molar-refractivity contribution in [2.75, 3.05) is 43.4 Å². The van der Waals surface area contributed by atoms with E-state index < -0.39 is 11.2 Å². The maximum absolute atomic E-state index is 12.4. The second-order valence-electron chi connectivity index (χ2n) is 10.4. The molecule has 0 aromatic carbocycles. The second-order valence-corrected chi connectivity index (χ2v) is 11.9. The molecule has 31 heavy (non-hydrogen) atoms. The fraction of sp³-hybridized carbons (Fsp3) is 0.727. The molecule has 9 heteroatoms. The van der Waals surface area contributed by atoms with Gasteiger partial charge in [-0.05, 0) is 0 Å². The van der Waals surface area contributed by atoms with E-state index in [1.54, 1.807) is 10.9 Å². The van der Waals surface area contributed by atoms with Crippen molar-refractivity contribution >= 4 is 17.0 Å². The fourth-order valence-electron chi connectivity index (χ4n) is 3.51. The van der Waals surface area contributed by atoms with Gasteiger partial charge in [-0.15, -0.1) is 5.10 Å². The lowest BCUT2D eigenvalue weighted by molar-refractivity contribution is 0.258. The van der Waals surface area contributed by atoms with E-state index in [0.717, 1.165) is 56.5 Å². The minimum atomic E-state index is -1.09. The minimum Gasteiger partial charge on any atom is -0.609 e. The number of aromatic nitrogens is 5. The van der Waals surface area contributed by atoms with E-state index in [1.807, 2.05) is 7.05 Å². The first-order chi connectivity index (χ1) is 14.4. The number of anilines is 1. The summed E-state index contributed by atoms with van der Waals surface area (Å²) in [4.78, 5) is 14.6. The third-order valence-corrected chi connectivity index (χ3v) is 6.96. The summed E-state index contributed by atoms with van der Waals surface area (Å²) >= 11 is -1.09. The van der Waals surface area contributed by atoms with Crippen LogP contribution in [-0.2, 0) is 29.1 Å². The Morgan fingerprint density at radius 3 is 2.23 bits per heavy atom. The average Bonchev–Trinajstić information content (AvgIpc) is 3.13. The Labute approximate surface area is 189 Å². The van der Waals surface area contributed by atoms with Gasteiger partial charge in [0.2, 0.25) is 0 Å². The van der Waals surface area contributed by atoms with Gasteiger partial charge >= 0.3 is 5.16 Å². The molecule has 1 unspecified atom stereocenters. The molecule has 2 aromatic heterocycles. The summed E-state index contributed by atoms with van der Waals surface area (Å²) in [6, 6.07) is 2.16. The van der Waals surface area contributed by atoms with Crippen LogP contribution >= 0.6 is 0 Å². The van der Waals surface area contributed by atoms with Crippen molar-refractivity contribution in [3.05, 3.63) is 23.9 Å². The lowest BCUT2D eigenvalue weighted by Crippen LogP contribution is -2.47. The van der Waals surface area contributed by atoms with E-state index in [9.17, 15) is 4.55 Å². The highest BCUT2D eigenvalue weighted by molar-refractivity contribution is 7.91. The molecule has 1 atom stereocenters. The molecule has 3 rings (SSSR count). The first-order valence-electron chi connectivity index (χ1n) is 11.0. The van der Waals surface area contributed by atoms with Crippen LogP contribution in [0.15, 0.2) is 17.6 Å². The highest BCUT2D eigenvalue weighted by atomic mass is 32.2. The van der Waals surface area contributed by atoms with Crippen molar-refractivity contribution in [2.45, 2.75) is 63.9 Å². The molecule has 0 spiro atoms. The maximum atomic E-state index is 12.4. The number of hydrogen-bond donors (Lipinski definition) is 0. The summed E-state index contributed by atoms with van der Waals surface area (Å²) in [5.41, 5.74) is 0.991. The molecule has 3 heterocycles. The van der Waals surface area contributed by atoms with Crippen LogP contribution < -0.4 is 4.90 Å². The molecule has 0 bridgehead atoms. The highest BCUT2D eigenvalue weighted by Crippen LogP contribution is 2.28. The van der Waals surface area contributed by atoms with Crippen molar-refractivity contribution in [3.63, 3.8) is 0 Å². The Morgan fingerprint density at radius 2 is 1.68 bits per heavy atom. The summed E-state index contributed by atoms with van der Waals surface area (Å²) < 4.78 is 14.1. The Kier molecular flexibility index (Phi) is 7.28. The minimum absolute atomic E-state index is 0.0160. The van der Waals surface area contributed by atoms with Gasteiger partial charge in [0, 0.05) is 74.3 Å². The molecule has 8 nitrogen and oxygen atoms in total. The predicted octanol–water partition coefficient (Wildman–Crippen LogP) is 2.52. The van der Waals surface area contributed by atoms with Crippen molar-refractivity contribution in [1.29, 1.82) is 0 Å². The average molecular weight is 448 g/mol. The highest BCUT2D eigenvalue weighted by Gasteiger charge is 2.26. The third kappa shape index (κ3) is 6.17. The molecule has 1 saturated heterocycles. The van der Waals surface area contributed by atoms with Crippen LogP contribution in [0.5, 0.6) is 0 Å². The Balaban J connectivity index is 1.57. The Bertz CT molecular complexity index is 831. The predicted molar refractivity (Wildman–Crippen MR) is 125 cm³/mol. The summed E-state index contributed by atoms with van der Waals surface area (Å²) in [5, 5.41) is 8.32. The van der Waals surface area contributed by atoms with Gasteiger partial charge in [0.05, 0.1) is 5.69 Å². The van der Waals surface area contributed by atoms with Gasteiger partial charge in [-0.25, -0.2) is 9.97 Å². The fourth-order valence-corrected chi connectivity index (χ4v) is 4.59. The largest absolute Gasteiger partial charge is 0.609 e. The van der Waals surface area contributed by atoms with E-state index in [2.05, 4.69) is 67.6 Å². The monoisotopic (exact) mass is 447 g/mol. The molecule has 0 aliphatic carbocycles. The van der Waals surface area contributed by atoms with Crippen LogP contribution in [0.1, 0.15) is 59.5 Å². The SMILES string of the molecule is Cn1cnnc1[S+]([O-])CCCN1CCN(c2cc(C(C)(C)C)nc(C(C)(C)C)n2)CC1. The van der Waals surface area contributed by atoms with Crippen LogP contribution in [0.4, 0.5) is 5.82 Å². The Hall–Kier alpha value is -1.71. The quantitative estimate of drug-likeness (QED) is 0.629. The zero-order valence-electron chi connectivity index (χ0n) is 20.1. The molecule has 2 aromatic rings. The number of hydrogen-bond acceptors (Lipinski definition) is 7. The van der Waals surface area contributed by atoms with E-state index in [-0.39, 0.29) is 10.8 Å². The maximum Gasteiger partial charge on any atom is 0.342 e. The lowest BCUT2D eigenvalue weighted by Gasteiger charge is -2.36. The lowest BCUT2D eigenvalue weighted by atomic mass is 9.90. The summed E-state index contributed by atoms with van der Waals surface area (Å²) in [6.45, 7) is 17.9. The van der Waals surface area contributed by atoms with Crippen LogP contribution in [-0.4, -0.2) is 72.7 Å². The molecule has 0 N–H and O–H groups in total. The van der Waals surface area contributed by atoms with Crippen LogP contribution in [0.3, 0.4) is 0 Å². The van der Waals surface area contributed by atoms with E-state index >= 15 is 0 Å². The molecular formula is C22H37N7OS. The molecule has 1 aliphatic rings. The topological polar surface area (TPSA) is 86.0 Å². The molecule has 0 amide bonds. The van der Waals surface area contributed by atoms with Gasteiger partial charge in [-0.3, -0.25) is 9.47 Å². The summed E-state index contributed by atoms with van der Waals surface area (Å²) in [5.74, 6) is 2.55. The van der Waals surface area contributed by atoms with Gasteiger partial charge < -0.3 is 9.45 Å². The smallest absolute Gasteiger partial charge is 0.342 e. The number of rotatable bonds is 6. The second kappa shape index (κ2) is 9.42. The van der Waals surface area contributed by atoms with Gasteiger partial charge in [-0.2, -0.15) is 0 Å². The van der Waals surface area contributed by atoms with Gasteiger partial charge in [0.25, 0.3) is 0 Å². The van der Waals surface area contributed by atoms with E-state index in [1.165, 1.54) is 0 Å². The normalized spacial score (nSPS) is 17.2. The molecule has 0 saturated carbocycles. The van der Waals surface area contributed by atoms with Gasteiger partial charge in [0.15, 0.2) is 0 Å². The zero-order chi connectivity index (χ0) is 22.8. The number of aryl methyl sites for hydroxylation is 1. The first kappa shape index (κ1) is 23.9. The van der Waals surface area contributed by atoms with E-state index in [0.29, 0.717) is 10.9 Å². The van der Waals surface area contributed by atoms with Crippen LogP contribution in [0.2, 0.25) is 0 Å². The molecule has 1 fully saturated rings. The van der Waals surface area contributed by atoms with E-state index in [4.69, 9.17) is 9.97 Å². The number of nitrogens with zero attached hydrogens (tertiary/aromatic N) is 7. The standard InChI is InChI=1S/C22H37N7OS/c1-21(2,3)17-15-18(25-19(24-17)22(4,5)6)29-12-10-28(11-13-29)9-8-14-31(30)20-26-23-16-27(20)7/h15-16H,8-14H2,1-7H3. The molecule has 0 radical (unpaired) electrons. The van der Waals surface area contributed by atoms with Crippen LogP contribution in [0, 0.1) is 0 Å². The summed E-state index contributed by atoms with van der Waals surface area (Å²) in [6.07, 6.45) is 2.48. The third-order valence-electron chi connectivity index (χ3n) is 5.53. The van der Waals surface area contributed by atoms with Crippen molar-refractivity contribution in [3.8, 4) is 0 Å². The van der Waals surface area contributed by atoms with Crippen molar-refractivity contribution in [1.82, 2.24) is 29.6 Å². The van der Waals surface area contributed by atoms with Crippen LogP contribution in [0.25, 0.3) is 0 Å². The first-order valence-corrected chi connectivity index (χ1v) is 12.4. The van der Waals surface area contributed by atoms with Gasteiger partial charge in [0.1, 0.15) is 23.7 Å². The number of piperazine rings is 1. The zero-order valence-corrected chi connectivity index (χ0v) is 20.9. The summed E-state index contributed by atoms with van der Waals surface area (Å²) in [7, 11) is 1.83.